The maximum atomic E-state index is 5.53. The van der Waals surface area contributed by atoms with Crippen LogP contribution < -0.4 is 5.32 Å². The third-order valence-electron chi connectivity index (χ3n) is 4.71. The fourth-order valence-electron chi connectivity index (χ4n) is 3.12. The number of ether oxygens (including phenoxy) is 1. The summed E-state index contributed by atoms with van der Waals surface area (Å²) in [5, 5.41) is 13.0. The Bertz CT molecular complexity index is 1110. The molecule has 9 heteroatoms. The maximum absolute atomic E-state index is 5.53. The first-order valence-corrected chi connectivity index (χ1v) is 8.56. The van der Waals surface area contributed by atoms with Crippen molar-refractivity contribution in [3.8, 4) is 0 Å². The van der Waals surface area contributed by atoms with E-state index in [0.29, 0.717) is 12.5 Å². The highest BCUT2D eigenvalue weighted by Gasteiger charge is 2.21. The van der Waals surface area contributed by atoms with Crippen LogP contribution in [0.5, 0.6) is 0 Å². The van der Waals surface area contributed by atoms with Gasteiger partial charge in [0, 0.05) is 12.8 Å². The van der Waals surface area contributed by atoms with Gasteiger partial charge in [0.2, 0.25) is 5.95 Å². The number of rotatable bonds is 4. The maximum Gasteiger partial charge on any atom is 0.229 e. The number of hydrogen-bond acceptors (Lipinski definition) is 7. The van der Waals surface area contributed by atoms with Crippen molar-refractivity contribution >= 4 is 28.3 Å². The van der Waals surface area contributed by atoms with E-state index in [1.807, 2.05) is 37.0 Å². The van der Waals surface area contributed by atoms with Crippen LogP contribution in [0.15, 0.2) is 24.8 Å². The molecule has 26 heavy (non-hydrogen) atoms. The topological polar surface area (TPSA) is 95.1 Å². The van der Waals surface area contributed by atoms with Crippen molar-refractivity contribution in [3.63, 3.8) is 0 Å². The van der Waals surface area contributed by atoms with Crippen LogP contribution in [0, 0.1) is 13.8 Å². The predicted octanol–water partition coefficient (Wildman–Crippen LogP) is 2.02. The largest absolute Gasteiger partial charge is 0.376 e. The Morgan fingerprint density at radius 2 is 2.19 bits per heavy atom. The lowest BCUT2D eigenvalue weighted by Crippen LogP contribution is -2.31. The Morgan fingerprint density at radius 1 is 1.31 bits per heavy atom. The summed E-state index contributed by atoms with van der Waals surface area (Å²) in [6.45, 7) is 5.52. The molecule has 0 aliphatic carbocycles. The molecule has 0 bridgehead atoms. The van der Waals surface area contributed by atoms with Crippen LogP contribution in [0.1, 0.15) is 17.7 Å². The molecule has 0 radical (unpaired) electrons. The van der Waals surface area contributed by atoms with Crippen molar-refractivity contribution < 1.29 is 4.74 Å². The van der Waals surface area contributed by atoms with Gasteiger partial charge < -0.3 is 10.1 Å². The normalized spacial score (nSPS) is 16.9. The van der Waals surface area contributed by atoms with Crippen molar-refractivity contribution in [2.75, 3.05) is 11.9 Å². The van der Waals surface area contributed by atoms with Gasteiger partial charge in [0.15, 0.2) is 11.3 Å². The molecule has 1 unspecified atom stereocenters. The molecule has 5 rings (SSSR count). The second kappa shape index (κ2) is 5.73. The molecule has 132 valence electrons. The van der Waals surface area contributed by atoms with Crippen LogP contribution >= 0.6 is 0 Å². The fourth-order valence-corrected chi connectivity index (χ4v) is 3.12. The zero-order chi connectivity index (χ0) is 17.7. The molecule has 0 amide bonds. The second-order valence-corrected chi connectivity index (χ2v) is 6.54. The predicted molar refractivity (Wildman–Crippen MR) is 95.4 cm³/mol. The number of pyridine rings is 1. The number of anilines is 2. The molecule has 1 atom stereocenters. The van der Waals surface area contributed by atoms with Gasteiger partial charge in [-0.1, -0.05) is 0 Å². The number of fused-ring (bicyclic) bond motifs is 2. The van der Waals surface area contributed by atoms with Crippen molar-refractivity contribution in [1.82, 2.24) is 34.3 Å². The summed E-state index contributed by atoms with van der Waals surface area (Å²) in [7, 11) is 0. The highest BCUT2D eigenvalue weighted by atomic mass is 16.5. The number of nitrogens with one attached hydrogen (secondary N) is 1. The van der Waals surface area contributed by atoms with Gasteiger partial charge in [0.1, 0.15) is 6.33 Å². The average Bonchev–Trinajstić information content (AvgIpc) is 3.15. The summed E-state index contributed by atoms with van der Waals surface area (Å²) >= 11 is 0. The van der Waals surface area contributed by atoms with Gasteiger partial charge in [-0.2, -0.15) is 15.2 Å². The first-order valence-electron chi connectivity index (χ1n) is 8.56. The Hall–Kier alpha value is -3.07. The quantitative estimate of drug-likeness (QED) is 0.601. The molecule has 1 aliphatic rings. The molecular formula is C17H18N8O. The zero-order valence-electron chi connectivity index (χ0n) is 14.5. The Morgan fingerprint density at radius 3 is 3.00 bits per heavy atom. The van der Waals surface area contributed by atoms with E-state index in [1.165, 1.54) is 6.33 Å². The molecule has 0 saturated carbocycles. The number of nitrogens with zero attached hydrogens (tertiary/aromatic N) is 7. The standard InChI is InChI=1S/C17H18N8O/c1-10-5-15-19-9-20-24(15)8-14(10)21-17-18-6-13-11(2)23-25(16(13)22-17)7-12-3-4-26-12/h5-6,8-9,12H,3-4,7H2,1-2H3,(H,18,21,22). The van der Waals surface area contributed by atoms with Crippen LogP contribution in [0.25, 0.3) is 16.7 Å². The lowest BCUT2D eigenvalue weighted by molar-refractivity contribution is -0.0603. The summed E-state index contributed by atoms with van der Waals surface area (Å²) in [5.74, 6) is 0.524. The van der Waals surface area contributed by atoms with E-state index < -0.39 is 0 Å². The second-order valence-electron chi connectivity index (χ2n) is 6.54. The van der Waals surface area contributed by atoms with Crippen molar-refractivity contribution in [2.24, 2.45) is 0 Å². The molecule has 9 nitrogen and oxygen atoms in total. The molecule has 1 saturated heterocycles. The summed E-state index contributed by atoms with van der Waals surface area (Å²) < 4.78 is 9.16. The van der Waals surface area contributed by atoms with Gasteiger partial charge in [-0.3, -0.25) is 0 Å². The summed E-state index contributed by atoms with van der Waals surface area (Å²) in [6.07, 6.45) is 6.52. The zero-order valence-corrected chi connectivity index (χ0v) is 14.5. The van der Waals surface area contributed by atoms with Gasteiger partial charge in [-0.25, -0.2) is 19.2 Å². The van der Waals surface area contributed by atoms with Crippen LogP contribution in [-0.2, 0) is 11.3 Å². The first-order chi connectivity index (χ1) is 12.7. The average molecular weight is 350 g/mol. The third kappa shape index (κ3) is 2.48. The van der Waals surface area contributed by atoms with Crippen LogP contribution in [0.2, 0.25) is 0 Å². The summed E-state index contributed by atoms with van der Waals surface area (Å²) in [5.41, 5.74) is 4.47. The van der Waals surface area contributed by atoms with E-state index in [9.17, 15) is 0 Å². The van der Waals surface area contributed by atoms with Crippen molar-refractivity contribution in [3.05, 3.63) is 36.0 Å². The van der Waals surface area contributed by atoms with Gasteiger partial charge in [-0.05, 0) is 31.9 Å². The minimum Gasteiger partial charge on any atom is -0.376 e. The van der Waals surface area contributed by atoms with Gasteiger partial charge in [0.25, 0.3) is 0 Å². The lowest BCUT2D eigenvalue weighted by Gasteiger charge is -2.26. The molecule has 1 aliphatic heterocycles. The molecule has 1 fully saturated rings. The summed E-state index contributed by atoms with van der Waals surface area (Å²) in [6, 6.07) is 1.97. The van der Waals surface area contributed by atoms with Crippen LogP contribution in [0.4, 0.5) is 11.6 Å². The summed E-state index contributed by atoms with van der Waals surface area (Å²) in [4.78, 5) is 13.3. The van der Waals surface area contributed by atoms with Gasteiger partial charge in [-0.15, -0.1) is 0 Å². The number of aryl methyl sites for hydroxylation is 2. The third-order valence-corrected chi connectivity index (χ3v) is 4.71. The minimum absolute atomic E-state index is 0.223. The Kier molecular flexibility index (Phi) is 3.35. The van der Waals surface area contributed by atoms with E-state index in [0.717, 1.165) is 46.7 Å². The molecule has 4 aromatic rings. The SMILES string of the molecule is Cc1cc2ncnn2cc1Nc1ncc2c(C)nn(CC3CCO3)c2n1. The monoisotopic (exact) mass is 350 g/mol. The fraction of sp³-hybridized carbons (Fsp3) is 0.353. The Labute approximate surface area is 149 Å². The minimum atomic E-state index is 0.223. The van der Waals surface area contributed by atoms with E-state index in [-0.39, 0.29) is 6.10 Å². The number of hydrogen-bond donors (Lipinski definition) is 1. The first kappa shape index (κ1) is 15.2. The highest BCUT2D eigenvalue weighted by Crippen LogP contribution is 2.23. The smallest absolute Gasteiger partial charge is 0.229 e. The van der Waals surface area contributed by atoms with Crippen molar-refractivity contribution in [2.45, 2.75) is 32.9 Å². The van der Waals surface area contributed by atoms with E-state index >= 15 is 0 Å². The van der Waals surface area contributed by atoms with Crippen LogP contribution in [0.3, 0.4) is 0 Å². The Balaban J connectivity index is 1.51. The van der Waals surface area contributed by atoms with E-state index in [4.69, 9.17) is 4.74 Å². The van der Waals surface area contributed by atoms with Gasteiger partial charge >= 0.3 is 0 Å². The molecule has 0 spiro atoms. The van der Waals surface area contributed by atoms with E-state index in [2.05, 4.69) is 30.5 Å². The molecule has 0 aromatic carbocycles. The molecule has 1 N–H and O–H groups in total. The van der Waals surface area contributed by atoms with Gasteiger partial charge in [0.05, 0.1) is 35.6 Å². The molecule has 5 heterocycles. The van der Waals surface area contributed by atoms with E-state index in [1.54, 1.807) is 4.52 Å². The lowest BCUT2D eigenvalue weighted by atomic mass is 10.2. The molecular weight excluding hydrogens is 332 g/mol. The highest BCUT2D eigenvalue weighted by molar-refractivity contribution is 5.78. The van der Waals surface area contributed by atoms with Crippen molar-refractivity contribution in [1.29, 1.82) is 0 Å². The number of aromatic nitrogens is 7. The molecule has 4 aromatic heterocycles. The van der Waals surface area contributed by atoms with Crippen LogP contribution in [-0.4, -0.2) is 47.1 Å².